The van der Waals surface area contributed by atoms with Gasteiger partial charge in [-0.05, 0) is 51.3 Å². The van der Waals surface area contributed by atoms with Crippen molar-refractivity contribution in [2.75, 3.05) is 13.4 Å². The van der Waals surface area contributed by atoms with Gasteiger partial charge in [-0.25, -0.2) is 13.2 Å². The first-order valence-corrected chi connectivity index (χ1v) is 10.6. The monoisotopic (exact) mass is 480 g/mol. The Morgan fingerprint density at radius 2 is 1.96 bits per heavy atom. The van der Waals surface area contributed by atoms with Crippen LogP contribution in [-0.2, 0) is 16.6 Å². The van der Waals surface area contributed by atoms with Gasteiger partial charge in [0.05, 0.1) is 34.1 Å². The van der Waals surface area contributed by atoms with Gasteiger partial charge in [-0.15, -0.1) is 0 Å². The lowest BCUT2D eigenvalue weighted by Crippen LogP contribution is -2.15. The predicted octanol–water partition coefficient (Wildman–Crippen LogP) is 4.23. The van der Waals surface area contributed by atoms with Crippen molar-refractivity contribution in [1.82, 2.24) is 4.83 Å². The first kappa shape index (κ1) is 20.8. The molecule has 140 valence electrons. The minimum Gasteiger partial charge on any atom is -0.493 e. The lowest BCUT2D eigenvalue weighted by Gasteiger charge is -2.14. The van der Waals surface area contributed by atoms with Crippen LogP contribution in [0.5, 0.6) is 11.5 Å². The lowest BCUT2D eigenvalue weighted by molar-refractivity contribution is 0.282. The van der Waals surface area contributed by atoms with Gasteiger partial charge in [0.2, 0.25) is 10.0 Å². The van der Waals surface area contributed by atoms with Gasteiger partial charge < -0.3 is 9.47 Å². The maximum absolute atomic E-state index is 11.0. The highest BCUT2D eigenvalue weighted by molar-refractivity contribution is 9.10. The first-order chi connectivity index (χ1) is 12.2. The van der Waals surface area contributed by atoms with Crippen LogP contribution in [0.25, 0.3) is 0 Å². The number of sulfonamides is 1. The minimum absolute atomic E-state index is 0.259. The molecule has 0 saturated heterocycles. The summed E-state index contributed by atoms with van der Waals surface area (Å²) in [5.41, 5.74) is 1.46. The molecular weight excluding hydrogens is 467 g/mol. The highest BCUT2D eigenvalue weighted by atomic mass is 79.9. The third-order valence-corrected chi connectivity index (χ3v) is 4.82. The molecule has 0 unspecified atom stereocenters. The molecule has 2 rings (SSSR count). The van der Waals surface area contributed by atoms with Crippen molar-refractivity contribution in [2.24, 2.45) is 5.10 Å². The summed E-state index contributed by atoms with van der Waals surface area (Å²) in [5, 5.41) is 4.58. The SMILES string of the molecule is COc1cc(/C=N\NS(C)(=O)=O)cc(Br)c1OCc1ccc(Cl)c(Cl)c1. The summed E-state index contributed by atoms with van der Waals surface area (Å²) < 4.78 is 33.9. The highest BCUT2D eigenvalue weighted by Crippen LogP contribution is 2.37. The predicted molar refractivity (Wildman–Crippen MR) is 107 cm³/mol. The molecule has 0 heterocycles. The number of rotatable bonds is 7. The van der Waals surface area contributed by atoms with Gasteiger partial charge in [-0.1, -0.05) is 29.3 Å². The Hall–Kier alpha value is -1.48. The topological polar surface area (TPSA) is 77.0 Å². The normalized spacial score (nSPS) is 11.6. The van der Waals surface area contributed by atoms with Crippen LogP contribution in [0.15, 0.2) is 39.9 Å². The van der Waals surface area contributed by atoms with Crippen LogP contribution in [-0.4, -0.2) is 28.0 Å². The molecule has 0 atom stereocenters. The third-order valence-electron chi connectivity index (χ3n) is 3.05. The maximum Gasteiger partial charge on any atom is 0.244 e. The van der Waals surface area contributed by atoms with Gasteiger partial charge >= 0.3 is 0 Å². The molecule has 0 aliphatic carbocycles. The van der Waals surface area contributed by atoms with Crippen LogP contribution in [0.4, 0.5) is 0 Å². The molecule has 0 bridgehead atoms. The van der Waals surface area contributed by atoms with Crippen molar-refractivity contribution in [1.29, 1.82) is 0 Å². The number of hydrogen-bond donors (Lipinski definition) is 1. The lowest BCUT2D eigenvalue weighted by atomic mass is 10.2. The van der Waals surface area contributed by atoms with E-state index in [-0.39, 0.29) is 6.61 Å². The summed E-state index contributed by atoms with van der Waals surface area (Å²) in [6.45, 7) is 0.259. The van der Waals surface area contributed by atoms with Crippen molar-refractivity contribution >= 4 is 55.4 Å². The van der Waals surface area contributed by atoms with E-state index >= 15 is 0 Å². The van der Waals surface area contributed by atoms with E-state index in [1.807, 2.05) is 10.9 Å². The highest BCUT2D eigenvalue weighted by Gasteiger charge is 2.12. The number of ether oxygens (including phenoxy) is 2. The molecule has 0 saturated carbocycles. The van der Waals surface area contributed by atoms with E-state index in [4.69, 9.17) is 32.7 Å². The van der Waals surface area contributed by atoms with Crippen molar-refractivity contribution < 1.29 is 17.9 Å². The molecule has 0 fully saturated rings. The Morgan fingerprint density at radius 1 is 1.23 bits per heavy atom. The fourth-order valence-electron chi connectivity index (χ4n) is 1.94. The van der Waals surface area contributed by atoms with Crippen LogP contribution in [0.1, 0.15) is 11.1 Å². The summed E-state index contributed by atoms with van der Waals surface area (Å²) in [6, 6.07) is 8.63. The summed E-state index contributed by atoms with van der Waals surface area (Å²) in [6.07, 6.45) is 2.37. The Morgan fingerprint density at radius 3 is 2.58 bits per heavy atom. The summed E-state index contributed by atoms with van der Waals surface area (Å²) in [7, 11) is -1.91. The van der Waals surface area contributed by atoms with Gasteiger partial charge in [0.1, 0.15) is 6.61 Å². The number of nitrogens with zero attached hydrogens (tertiary/aromatic N) is 1. The van der Waals surface area contributed by atoms with Crippen molar-refractivity contribution in [3.63, 3.8) is 0 Å². The average molecular weight is 482 g/mol. The summed E-state index contributed by atoms with van der Waals surface area (Å²) >= 11 is 15.3. The van der Waals surface area contributed by atoms with Crippen LogP contribution in [0.3, 0.4) is 0 Å². The second kappa shape index (κ2) is 8.94. The van der Waals surface area contributed by atoms with Crippen molar-refractivity contribution in [3.8, 4) is 11.5 Å². The molecule has 2 aromatic rings. The Bertz CT molecular complexity index is 936. The van der Waals surface area contributed by atoms with Crippen LogP contribution >= 0.6 is 39.1 Å². The van der Waals surface area contributed by atoms with Crippen LogP contribution < -0.4 is 14.3 Å². The number of benzene rings is 2. The number of halogens is 3. The van der Waals surface area contributed by atoms with E-state index in [9.17, 15) is 8.42 Å². The Labute approximate surface area is 170 Å². The van der Waals surface area contributed by atoms with E-state index in [1.165, 1.54) is 13.3 Å². The zero-order chi connectivity index (χ0) is 19.3. The Balaban J connectivity index is 2.19. The summed E-state index contributed by atoms with van der Waals surface area (Å²) in [5.74, 6) is 0.951. The molecule has 0 amide bonds. The van der Waals surface area contributed by atoms with Gasteiger partial charge in [0.25, 0.3) is 0 Å². The molecule has 26 heavy (non-hydrogen) atoms. The van der Waals surface area contributed by atoms with Crippen LogP contribution in [0, 0.1) is 0 Å². The Kier molecular flexibility index (Phi) is 7.16. The van der Waals surface area contributed by atoms with E-state index in [0.29, 0.717) is 31.6 Å². The third kappa shape index (κ3) is 6.05. The molecular formula is C16H15BrCl2N2O4S. The molecule has 0 aliphatic heterocycles. The molecule has 0 spiro atoms. The number of nitrogens with one attached hydrogen (secondary N) is 1. The van der Waals surface area contributed by atoms with Gasteiger partial charge in [0, 0.05) is 0 Å². The minimum atomic E-state index is -3.41. The molecule has 0 aromatic heterocycles. The second-order valence-corrected chi connectivity index (χ2v) is 8.59. The van der Waals surface area contributed by atoms with Gasteiger partial charge in [0.15, 0.2) is 11.5 Å². The van der Waals surface area contributed by atoms with Gasteiger partial charge in [-0.2, -0.15) is 5.10 Å². The molecule has 10 heteroatoms. The van der Waals surface area contributed by atoms with E-state index in [2.05, 4.69) is 21.0 Å². The van der Waals surface area contributed by atoms with E-state index in [0.717, 1.165) is 11.8 Å². The zero-order valence-corrected chi connectivity index (χ0v) is 17.7. The quantitative estimate of drug-likeness (QED) is 0.474. The standard InChI is InChI=1S/C16H15BrCl2N2O4S/c1-24-15-7-11(8-20-21-26(2,22)23)5-12(17)16(15)25-9-10-3-4-13(18)14(19)6-10/h3-8,21H,9H2,1-2H3/b20-8-. The first-order valence-electron chi connectivity index (χ1n) is 7.13. The molecule has 0 aliphatic rings. The second-order valence-electron chi connectivity index (χ2n) is 5.19. The van der Waals surface area contributed by atoms with Gasteiger partial charge in [-0.3, -0.25) is 0 Å². The van der Waals surface area contributed by atoms with Crippen molar-refractivity contribution in [2.45, 2.75) is 6.61 Å². The maximum atomic E-state index is 11.0. The number of hydrogen-bond acceptors (Lipinski definition) is 5. The molecule has 2 aromatic carbocycles. The number of hydrazone groups is 1. The smallest absolute Gasteiger partial charge is 0.244 e. The fourth-order valence-corrected chi connectivity index (χ4v) is 3.07. The molecule has 6 nitrogen and oxygen atoms in total. The molecule has 1 N–H and O–H groups in total. The largest absolute Gasteiger partial charge is 0.493 e. The van der Waals surface area contributed by atoms with E-state index in [1.54, 1.807) is 24.3 Å². The van der Waals surface area contributed by atoms with Crippen molar-refractivity contribution in [3.05, 3.63) is 56.0 Å². The average Bonchev–Trinajstić information content (AvgIpc) is 2.55. The number of methoxy groups -OCH3 is 1. The zero-order valence-electron chi connectivity index (χ0n) is 13.8. The van der Waals surface area contributed by atoms with E-state index < -0.39 is 10.0 Å². The van der Waals surface area contributed by atoms with Crippen LogP contribution in [0.2, 0.25) is 10.0 Å². The fraction of sp³-hybridized carbons (Fsp3) is 0.188. The summed E-state index contributed by atoms with van der Waals surface area (Å²) in [4.78, 5) is 2.03. The molecule has 0 radical (unpaired) electrons.